The molecule has 1 aromatic heterocycles. The van der Waals surface area contributed by atoms with E-state index in [1.165, 1.54) is 0 Å². The summed E-state index contributed by atoms with van der Waals surface area (Å²) in [4.78, 5) is 16.3. The van der Waals surface area contributed by atoms with Crippen LogP contribution in [0, 0.1) is 0 Å². The lowest BCUT2D eigenvalue weighted by Crippen LogP contribution is -2.39. The van der Waals surface area contributed by atoms with Crippen LogP contribution >= 0.6 is 15.9 Å². The highest BCUT2D eigenvalue weighted by Crippen LogP contribution is 2.15. The SMILES string of the molecule is O=C(NC(CO)Cc1ccccn1)c1ccccc1Br. The normalized spacial score (nSPS) is 11.9. The van der Waals surface area contributed by atoms with Crippen molar-refractivity contribution in [3.63, 3.8) is 0 Å². The molecule has 0 radical (unpaired) electrons. The Bertz CT molecular complexity index is 575. The topological polar surface area (TPSA) is 62.2 Å². The first kappa shape index (κ1) is 14.7. The molecule has 0 spiro atoms. The van der Waals surface area contributed by atoms with Crippen LogP contribution in [0.4, 0.5) is 0 Å². The highest BCUT2D eigenvalue weighted by Gasteiger charge is 2.15. The Labute approximate surface area is 126 Å². The van der Waals surface area contributed by atoms with Crippen LogP contribution < -0.4 is 5.32 Å². The fourth-order valence-corrected chi connectivity index (χ4v) is 2.31. The largest absolute Gasteiger partial charge is 0.394 e. The minimum Gasteiger partial charge on any atom is -0.394 e. The summed E-state index contributed by atoms with van der Waals surface area (Å²) in [5.74, 6) is -0.215. The standard InChI is InChI=1S/C15H15BrN2O2/c16-14-7-2-1-6-13(14)15(20)18-12(10-19)9-11-5-3-4-8-17-11/h1-8,12,19H,9-10H2,(H,18,20). The zero-order valence-corrected chi connectivity index (χ0v) is 12.4. The Hall–Kier alpha value is -1.72. The number of benzene rings is 1. The fraction of sp³-hybridized carbons (Fsp3) is 0.200. The van der Waals surface area contributed by atoms with Crippen molar-refractivity contribution < 1.29 is 9.90 Å². The molecule has 4 nitrogen and oxygen atoms in total. The van der Waals surface area contributed by atoms with Gasteiger partial charge in [-0.2, -0.15) is 0 Å². The summed E-state index contributed by atoms with van der Waals surface area (Å²) >= 11 is 3.34. The second kappa shape index (κ2) is 7.17. The number of carbonyl (C=O) groups excluding carboxylic acids is 1. The number of hydrogen-bond donors (Lipinski definition) is 2. The van der Waals surface area contributed by atoms with Gasteiger partial charge in [0.05, 0.1) is 18.2 Å². The summed E-state index contributed by atoms with van der Waals surface area (Å²) in [5, 5.41) is 12.2. The molecule has 2 N–H and O–H groups in total. The predicted octanol–water partition coefficient (Wildman–Crippen LogP) is 2.18. The minimum absolute atomic E-state index is 0.132. The van der Waals surface area contributed by atoms with Gasteiger partial charge in [-0.1, -0.05) is 18.2 Å². The zero-order valence-electron chi connectivity index (χ0n) is 10.8. The summed E-state index contributed by atoms with van der Waals surface area (Å²) in [5.41, 5.74) is 1.38. The van der Waals surface area contributed by atoms with Crippen LogP contribution in [0.15, 0.2) is 53.1 Å². The zero-order chi connectivity index (χ0) is 14.4. The van der Waals surface area contributed by atoms with E-state index in [4.69, 9.17) is 0 Å². The number of amides is 1. The molecule has 104 valence electrons. The molecule has 1 amide bonds. The Balaban J connectivity index is 2.03. The molecule has 0 saturated carbocycles. The second-order valence-electron chi connectivity index (χ2n) is 4.36. The van der Waals surface area contributed by atoms with Gasteiger partial charge in [-0.05, 0) is 40.2 Å². The fourth-order valence-electron chi connectivity index (χ4n) is 1.84. The number of carbonyl (C=O) groups is 1. The number of hydrogen-bond acceptors (Lipinski definition) is 3. The van der Waals surface area contributed by atoms with E-state index in [-0.39, 0.29) is 18.6 Å². The van der Waals surface area contributed by atoms with Crippen molar-refractivity contribution in [1.29, 1.82) is 0 Å². The summed E-state index contributed by atoms with van der Waals surface area (Å²) in [7, 11) is 0. The molecule has 2 aromatic rings. The van der Waals surface area contributed by atoms with Gasteiger partial charge in [-0.15, -0.1) is 0 Å². The van der Waals surface area contributed by atoms with E-state index < -0.39 is 0 Å². The van der Waals surface area contributed by atoms with Crippen molar-refractivity contribution in [2.45, 2.75) is 12.5 Å². The lowest BCUT2D eigenvalue weighted by molar-refractivity contribution is 0.0915. The van der Waals surface area contributed by atoms with Crippen LogP contribution in [0.2, 0.25) is 0 Å². The first-order chi connectivity index (χ1) is 9.70. The van der Waals surface area contributed by atoms with E-state index in [9.17, 15) is 9.90 Å². The maximum Gasteiger partial charge on any atom is 0.252 e. The molecule has 0 bridgehead atoms. The third-order valence-corrected chi connectivity index (χ3v) is 3.55. The molecule has 0 aliphatic heterocycles. The van der Waals surface area contributed by atoms with Gasteiger partial charge in [0.2, 0.25) is 0 Å². The van der Waals surface area contributed by atoms with Crippen LogP contribution in [0.5, 0.6) is 0 Å². The maximum atomic E-state index is 12.2. The van der Waals surface area contributed by atoms with Crippen molar-refractivity contribution >= 4 is 21.8 Å². The molecule has 1 unspecified atom stereocenters. The van der Waals surface area contributed by atoms with Gasteiger partial charge in [-0.3, -0.25) is 9.78 Å². The smallest absolute Gasteiger partial charge is 0.252 e. The number of nitrogens with one attached hydrogen (secondary N) is 1. The number of halogens is 1. The van der Waals surface area contributed by atoms with Gasteiger partial charge in [-0.25, -0.2) is 0 Å². The summed E-state index contributed by atoms with van der Waals surface area (Å²) in [6.07, 6.45) is 2.19. The third-order valence-electron chi connectivity index (χ3n) is 2.86. The molecule has 20 heavy (non-hydrogen) atoms. The average Bonchev–Trinajstić information content (AvgIpc) is 2.48. The molecule has 5 heteroatoms. The van der Waals surface area contributed by atoms with E-state index in [0.717, 1.165) is 10.2 Å². The predicted molar refractivity (Wildman–Crippen MR) is 80.4 cm³/mol. The van der Waals surface area contributed by atoms with Gasteiger partial charge in [0.25, 0.3) is 5.91 Å². The number of pyridine rings is 1. The number of rotatable bonds is 5. The van der Waals surface area contributed by atoms with Gasteiger partial charge in [0, 0.05) is 22.8 Å². The second-order valence-corrected chi connectivity index (χ2v) is 5.21. The molecule has 1 aromatic carbocycles. The van der Waals surface area contributed by atoms with Crippen molar-refractivity contribution in [2.24, 2.45) is 0 Å². The summed E-state index contributed by atoms with van der Waals surface area (Å²) < 4.78 is 0.729. The lowest BCUT2D eigenvalue weighted by atomic mass is 10.1. The van der Waals surface area contributed by atoms with Gasteiger partial charge in [0.15, 0.2) is 0 Å². The molecule has 0 aliphatic carbocycles. The molecule has 0 aliphatic rings. The number of aromatic nitrogens is 1. The van der Waals surface area contributed by atoms with Crippen LogP contribution in [-0.2, 0) is 6.42 Å². The Kier molecular flexibility index (Phi) is 5.26. The van der Waals surface area contributed by atoms with E-state index >= 15 is 0 Å². The van der Waals surface area contributed by atoms with E-state index in [1.807, 2.05) is 30.3 Å². The molecule has 2 rings (SSSR count). The van der Waals surface area contributed by atoms with Gasteiger partial charge >= 0.3 is 0 Å². The van der Waals surface area contributed by atoms with Crippen LogP contribution in [0.25, 0.3) is 0 Å². The summed E-state index contributed by atoms with van der Waals surface area (Å²) in [6, 6.07) is 12.4. The van der Waals surface area contributed by atoms with Crippen molar-refractivity contribution in [1.82, 2.24) is 10.3 Å². The van der Waals surface area contributed by atoms with E-state index in [2.05, 4.69) is 26.2 Å². The van der Waals surface area contributed by atoms with Crippen LogP contribution in [0.3, 0.4) is 0 Å². The minimum atomic E-state index is -0.357. The molecule has 0 saturated heterocycles. The third kappa shape index (κ3) is 3.88. The first-order valence-electron chi connectivity index (χ1n) is 6.27. The van der Waals surface area contributed by atoms with Gasteiger partial charge < -0.3 is 10.4 Å². The highest BCUT2D eigenvalue weighted by atomic mass is 79.9. The van der Waals surface area contributed by atoms with Crippen molar-refractivity contribution in [2.75, 3.05) is 6.61 Å². The van der Waals surface area contributed by atoms with Crippen LogP contribution in [0.1, 0.15) is 16.1 Å². The first-order valence-corrected chi connectivity index (χ1v) is 7.06. The van der Waals surface area contributed by atoms with Crippen LogP contribution in [-0.4, -0.2) is 28.6 Å². The van der Waals surface area contributed by atoms with Crippen molar-refractivity contribution in [3.05, 3.63) is 64.4 Å². The number of aliphatic hydroxyl groups is 1. The molecule has 1 heterocycles. The Morgan fingerprint density at radius 3 is 2.65 bits per heavy atom. The average molecular weight is 335 g/mol. The quantitative estimate of drug-likeness (QED) is 0.880. The molecular formula is C15H15BrN2O2. The molecule has 0 fully saturated rings. The number of aliphatic hydroxyl groups excluding tert-OH is 1. The number of nitrogens with zero attached hydrogens (tertiary/aromatic N) is 1. The maximum absolute atomic E-state index is 12.2. The monoisotopic (exact) mass is 334 g/mol. The summed E-state index contributed by atoms with van der Waals surface area (Å²) in [6.45, 7) is -0.132. The molecule has 1 atom stereocenters. The Morgan fingerprint density at radius 1 is 1.25 bits per heavy atom. The lowest BCUT2D eigenvalue weighted by Gasteiger charge is -2.16. The van der Waals surface area contributed by atoms with Gasteiger partial charge in [0.1, 0.15) is 0 Å². The Morgan fingerprint density at radius 2 is 2.00 bits per heavy atom. The molecular weight excluding hydrogens is 320 g/mol. The van der Waals surface area contributed by atoms with Crippen molar-refractivity contribution in [3.8, 4) is 0 Å². The highest BCUT2D eigenvalue weighted by molar-refractivity contribution is 9.10. The van der Waals surface area contributed by atoms with E-state index in [1.54, 1.807) is 18.3 Å². The van der Waals surface area contributed by atoms with E-state index in [0.29, 0.717) is 12.0 Å².